The second-order valence-electron chi connectivity index (χ2n) is 7.48. The molecule has 0 aliphatic carbocycles. The van der Waals surface area contributed by atoms with E-state index in [0.29, 0.717) is 18.4 Å². The van der Waals surface area contributed by atoms with Crippen molar-refractivity contribution in [3.05, 3.63) is 11.8 Å². The Morgan fingerprint density at radius 1 is 1.32 bits per heavy atom. The summed E-state index contributed by atoms with van der Waals surface area (Å²) in [7, 11) is 0. The van der Waals surface area contributed by atoms with Crippen LogP contribution in [0.1, 0.15) is 71.1 Å². The molecule has 22 heavy (non-hydrogen) atoms. The normalized spacial score (nSPS) is 17.9. The van der Waals surface area contributed by atoms with Crippen molar-refractivity contribution in [3.63, 3.8) is 0 Å². The zero-order valence-corrected chi connectivity index (χ0v) is 14.3. The lowest BCUT2D eigenvalue weighted by Crippen LogP contribution is -2.47. The van der Waals surface area contributed by atoms with Crippen LogP contribution < -0.4 is 5.32 Å². The summed E-state index contributed by atoms with van der Waals surface area (Å²) in [4.78, 5) is 14.2. The molecular formula is C16H28N4O2. The molecule has 0 radical (unpaired) electrons. The highest BCUT2D eigenvalue weighted by Gasteiger charge is 2.26. The second kappa shape index (κ2) is 6.77. The van der Waals surface area contributed by atoms with Gasteiger partial charge in [-0.25, -0.2) is 0 Å². The van der Waals surface area contributed by atoms with E-state index in [2.05, 4.69) is 20.4 Å². The topological polar surface area (TPSA) is 71.3 Å². The minimum atomic E-state index is -0.174. The molecule has 124 valence electrons. The molecule has 6 heteroatoms. The van der Waals surface area contributed by atoms with Crippen LogP contribution in [0.4, 0.5) is 0 Å². The molecule has 1 saturated heterocycles. The Bertz CT molecular complexity index is 496. The van der Waals surface area contributed by atoms with Crippen LogP contribution in [0.3, 0.4) is 0 Å². The minimum Gasteiger partial charge on any atom is -0.425 e. The van der Waals surface area contributed by atoms with Crippen LogP contribution in [-0.2, 0) is 4.79 Å². The molecule has 0 spiro atoms. The third-order valence-electron chi connectivity index (χ3n) is 3.77. The first-order chi connectivity index (χ1) is 10.2. The van der Waals surface area contributed by atoms with Gasteiger partial charge in [-0.2, -0.15) is 0 Å². The lowest BCUT2D eigenvalue weighted by atomic mass is 9.97. The van der Waals surface area contributed by atoms with E-state index in [4.69, 9.17) is 4.42 Å². The zero-order chi connectivity index (χ0) is 16.3. The molecule has 0 atom stereocenters. The van der Waals surface area contributed by atoms with E-state index >= 15 is 0 Å². The Labute approximate surface area is 132 Å². The van der Waals surface area contributed by atoms with Gasteiger partial charge in [0.05, 0.1) is 6.54 Å². The summed E-state index contributed by atoms with van der Waals surface area (Å²) in [5, 5.41) is 11.3. The fraction of sp³-hybridized carbons (Fsp3) is 0.812. The van der Waals surface area contributed by atoms with E-state index in [9.17, 15) is 4.79 Å². The smallest absolute Gasteiger partial charge is 0.234 e. The number of likely N-dealkylation sites (tertiary alicyclic amines) is 1. The molecule has 0 aromatic carbocycles. The predicted molar refractivity (Wildman–Crippen MR) is 84.7 cm³/mol. The summed E-state index contributed by atoms with van der Waals surface area (Å²) in [5.74, 6) is 2.14. The number of hydrogen-bond acceptors (Lipinski definition) is 5. The van der Waals surface area contributed by atoms with Crippen molar-refractivity contribution in [2.75, 3.05) is 19.6 Å². The first-order valence-corrected chi connectivity index (χ1v) is 8.11. The molecule has 0 bridgehead atoms. The van der Waals surface area contributed by atoms with Gasteiger partial charge in [-0.15, -0.1) is 10.2 Å². The molecular weight excluding hydrogens is 280 g/mol. The highest BCUT2D eigenvalue weighted by Crippen LogP contribution is 2.28. The Kier molecular flexibility index (Phi) is 5.21. The lowest BCUT2D eigenvalue weighted by Gasteiger charge is -2.31. The summed E-state index contributed by atoms with van der Waals surface area (Å²) < 4.78 is 5.75. The van der Waals surface area contributed by atoms with Crippen LogP contribution in [0, 0.1) is 0 Å². The summed E-state index contributed by atoms with van der Waals surface area (Å²) in [6.45, 7) is 12.3. The van der Waals surface area contributed by atoms with Crippen molar-refractivity contribution in [2.24, 2.45) is 0 Å². The van der Waals surface area contributed by atoms with E-state index in [1.807, 2.05) is 34.6 Å². The number of nitrogens with zero attached hydrogens (tertiary/aromatic N) is 3. The minimum absolute atomic E-state index is 0.0887. The molecule has 1 aromatic heterocycles. The standard InChI is InChI=1S/C16H28N4O2/c1-11(2)14-18-19-15(22-14)12-6-8-20(9-7-12)10-13(21)17-16(3,4)5/h11-12H,6-10H2,1-5H3,(H,17,21). The van der Waals surface area contributed by atoms with Gasteiger partial charge < -0.3 is 9.73 Å². The van der Waals surface area contributed by atoms with Crippen LogP contribution in [0.5, 0.6) is 0 Å². The molecule has 1 N–H and O–H groups in total. The second-order valence-corrected chi connectivity index (χ2v) is 7.48. The molecule has 1 aliphatic rings. The summed E-state index contributed by atoms with van der Waals surface area (Å²) >= 11 is 0. The Balaban J connectivity index is 1.81. The van der Waals surface area contributed by atoms with Crippen molar-refractivity contribution < 1.29 is 9.21 Å². The number of nitrogens with one attached hydrogen (secondary N) is 1. The van der Waals surface area contributed by atoms with Gasteiger partial charge in [-0.05, 0) is 46.7 Å². The Hall–Kier alpha value is -1.43. The van der Waals surface area contributed by atoms with E-state index in [1.165, 1.54) is 0 Å². The van der Waals surface area contributed by atoms with Crippen LogP contribution in [0.2, 0.25) is 0 Å². The average molecular weight is 308 g/mol. The molecule has 6 nitrogen and oxygen atoms in total. The molecule has 1 aromatic rings. The number of carbonyl (C=O) groups excluding carboxylic acids is 1. The van der Waals surface area contributed by atoms with Gasteiger partial charge >= 0.3 is 0 Å². The number of carbonyl (C=O) groups is 1. The van der Waals surface area contributed by atoms with Crippen molar-refractivity contribution in [3.8, 4) is 0 Å². The van der Waals surface area contributed by atoms with Gasteiger partial charge in [0.1, 0.15) is 0 Å². The summed E-state index contributed by atoms with van der Waals surface area (Å²) in [6, 6.07) is 0. The maximum Gasteiger partial charge on any atom is 0.234 e. The molecule has 2 rings (SSSR count). The molecule has 2 heterocycles. The van der Waals surface area contributed by atoms with Gasteiger partial charge in [0.15, 0.2) is 0 Å². The monoisotopic (exact) mass is 308 g/mol. The third-order valence-corrected chi connectivity index (χ3v) is 3.77. The number of aromatic nitrogens is 2. The predicted octanol–water partition coefficient (Wildman–Crippen LogP) is 2.29. The van der Waals surface area contributed by atoms with Crippen LogP contribution in [-0.4, -0.2) is 46.2 Å². The maximum atomic E-state index is 12.0. The van der Waals surface area contributed by atoms with Crippen LogP contribution in [0.25, 0.3) is 0 Å². The first kappa shape index (κ1) is 16.9. The fourth-order valence-electron chi connectivity index (χ4n) is 2.64. The molecule has 1 aliphatic heterocycles. The molecule has 1 amide bonds. The van der Waals surface area contributed by atoms with Crippen molar-refractivity contribution in [2.45, 2.75) is 64.8 Å². The van der Waals surface area contributed by atoms with E-state index < -0.39 is 0 Å². The van der Waals surface area contributed by atoms with E-state index in [1.54, 1.807) is 0 Å². The molecule has 0 saturated carbocycles. The van der Waals surface area contributed by atoms with Gasteiger partial charge in [0.2, 0.25) is 17.7 Å². The quantitative estimate of drug-likeness (QED) is 0.924. The highest BCUT2D eigenvalue weighted by molar-refractivity contribution is 5.78. The maximum absolute atomic E-state index is 12.0. The number of rotatable bonds is 4. The lowest BCUT2D eigenvalue weighted by molar-refractivity contribution is -0.123. The number of hydrogen-bond donors (Lipinski definition) is 1. The summed E-state index contributed by atoms with van der Waals surface area (Å²) in [6.07, 6.45) is 1.92. The van der Waals surface area contributed by atoms with E-state index in [-0.39, 0.29) is 17.4 Å². The molecule has 0 unspecified atom stereocenters. The Morgan fingerprint density at radius 3 is 2.45 bits per heavy atom. The van der Waals surface area contributed by atoms with Crippen LogP contribution in [0.15, 0.2) is 4.42 Å². The van der Waals surface area contributed by atoms with Crippen molar-refractivity contribution in [1.82, 2.24) is 20.4 Å². The fourth-order valence-corrected chi connectivity index (χ4v) is 2.64. The number of amides is 1. The largest absolute Gasteiger partial charge is 0.425 e. The third kappa shape index (κ3) is 4.80. The van der Waals surface area contributed by atoms with Gasteiger partial charge in [0, 0.05) is 17.4 Å². The summed E-state index contributed by atoms with van der Waals surface area (Å²) in [5.41, 5.74) is -0.174. The zero-order valence-electron chi connectivity index (χ0n) is 14.3. The van der Waals surface area contributed by atoms with Crippen LogP contribution >= 0.6 is 0 Å². The Morgan fingerprint density at radius 2 is 1.95 bits per heavy atom. The van der Waals surface area contributed by atoms with Crippen molar-refractivity contribution in [1.29, 1.82) is 0 Å². The van der Waals surface area contributed by atoms with Gasteiger partial charge in [-0.1, -0.05) is 13.8 Å². The van der Waals surface area contributed by atoms with E-state index in [0.717, 1.165) is 31.8 Å². The highest BCUT2D eigenvalue weighted by atomic mass is 16.4. The van der Waals surface area contributed by atoms with Crippen molar-refractivity contribution >= 4 is 5.91 Å². The van der Waals surface area contributed by atoms with Gasteiger partial charge in [0.25, 0.3) is 0 Å². The van der Waals surface area contributed by atoms with Gasteiger partial charge in [-0.3, -0.25) is 9.69 Å². The first-order valence-electron chi connectivity index (χ1n) is 8.11. The number of piperidine rings is 1. The molecule has 1 fully saturated rings. The average Bonchev–Trinajstić information content (AvgIpc) is 2.87. The SMILES string of the molecule is CC(C)c1nnc(C2CCN(CC(=O)NC(C)(C)C)CC2)o1.